The molecule has 0 saturated carbocycles. The topological polar surface area (TPSA) is 50.4 Å². The minimum atomic E-state index is -0.0228. The van der Waals surface area contributed by atoms with E-state index in [1.165, 1.54) is 17.3 Å². The zero-order valence-corrected chi connectivity index (χ0v) is 12.3. The summed E-state index contributed by atoms with van der Waals surface area (Å²) in [6, 6.07) is 4.08. The lowest BCUT2D eigenvalue weighted by Gasteiger charge is -2.03. The summed E-state index contributed by atoms with van der Waals surface area (Å²) in [6.45, 7) is 4.01. The zero-order chi connectivity index (χ0) is 13.4. The minimum Gasteiger partial charge on any atom is -0.390 e. The molecule has 0 aromatic carbocycles. The van der Waals surface area contributed by atoms with Crippen molar-refractivity contribution in [2.45, 2.75) is 30.5 Å². The van der Waals surface area contributed by atoms with Crippen molar-refractivity contribution in [2.75, 3.05) is 0 Å². The van der Waals surface area contributed by atoms with Gasteiger partial charge in [-0.05, 0) is 43.3 Å². The molecule has 0 fully saturated rings. The molecule has 0 aliphatic rings. The lowest BCUT2D eigenvalue weighted by molar-refractivity contribution is 0.272. The summed E-state index contributed by atoms with van der Waals surface area (Å²) in [5.41, 5.74) is 3.00. The number of hydrogen-bond acceptors (Lipinski definition) is 5. The van der Waals surface area contributed by atoms with E-state index >= 15 is 0 Å². The molecule has 6 heteroatoms. The van der Waals surface area contributed by atoms with Crippen molar-refractivity contribution in [3.63, 3.8) is 0 Å². The van der Waals surface area contributed by atoms with Gasteiger partial charge in [-0.2, -0.15) is 0 Å². The summed E-state index contributed by atoms with van der Waals surface area (Å²) in [7, 11) is 0. The van der Waals surface area contributed by atoms with E-state index in [1.54, 1.807) is 11.3 Å². The molecule has 0 unspecified atom stereocenters. The molecule has 0 amide bonds. The van der Waals surface area contributed by atoms with Crippen molar-refractivity contribution < 1.29 is 5.11 Å². The van der Waals surface area contributed by atoms with Gasteiger partial charge in [0.05, 0.1) is 12.3 Å². The van der Waals surface area contributed by atoms with Crippen LogP contribution in [0.15, 0.2) is 33.8 Å². The largest absolute Gasteiger partial charge is 0.390 e. The third-order valence-corrected chi connectivity index (χ3v) is 4.44. The Balaban J connectivity index is 2.02. The van der Waals surface area contributed by atoms with Crippen LogP contribution in [0.2, 0.25) is 0 Å². The van der Waals surface area contributed by atoms with E-state index in [1.807, 2.05) is 35.0 Å². The van der Waals surface area contributed by atoms with Crippen molar-refractivity contribution in [1.82, 2.24) is 14.4 Å². The maximum Gasteiger partial charge on any atom is 0.195 e. The number of hydrogen-bond donors (Lipinski definition) is 1. The molecule has 3 rings (SSSR count). The molecule has 0 spiro atoms. The van der Waals surface area contributed by atoms with Gasteiger partial charge < -0.3 is 5.11 Å². The first-order valence-corrected chi connectivity index (χ1v) is 7.55. The SMILES string of the molecule is Cc1cc(C)nc(Sc2nc3sccn3c2CO)c1. The molecular formula is C13H13N3OS2. The Morgan fingerprint density at radius 1 is 1.32 bits per heavy atom. The van der Waals surface area contributed by atoms with Crippen molar-refractivity contribution in [1.29, 1.82) is 0 Å². The van der Waals surface area contributed by atoms with Gasteiger partial charge in [0.1, 0.15) is 10.1 Å². The molecule has 3 aromatic rings. The number of aryl methyl sites for hydroxylation is 2. The van der Waals surface area contributed by atoms with Gasteiger partial charge in [0.15, 0.2) is 4.96 Å². The molecule has 19 heavy (non-hydrogen) atoms. The minimum absolute atomic E-state index is 0.0228. The van der Waals surface area contributed by atoms with E-state index in [9.17, 15) is 5.11 Å². The van der Waals surface area contributed by atoms with Gasteiger partial charge in [0, 0.05) is 17.3 Å². The molecule has 3 heterocycles. The van der Waals surface area contributed by atoms with E-state index in [0.29, 0.717) is 0 Å². The number of thiazole rings is 1. The summed E-state index contributed by atoms with van der Waals surface area (Å²) in [5.74, 6) is 0. The van der Waals surface area contributed by atoms with E-state index in [4.69, 9.17) is 0 Å². The Hall–Kier alpha value is -1.37. The second-order valence-electron chi connectivity index (χ2n) is 4.30. The van der Waals surface area contributed by atoms with Crippen LogP contribution >= 0.6 is 23.1 Å². The van der Waals surface area contributed by atoms with Gasteiger partial charge in [-0.15, -0.1) is 11.3 Å². The average Bonchev–Trinajstić information content (AvgIpc) is 2.87. The van der Waals surface area contributed by atoms with E-state index in [2.05, 4.69) is 16.9 Å². The highest BCUT2D eigenvalue weighted by molar-refractivity contribution is 7.99. The lowest BCUT2D eigenvalue weighted by Crippen LogP contribution is -1.92. The van der Waals surface area contributed by atoms with E-state index in [-0.39, 0.29) is 6.61 Å². The third-order valence-electron chi connectivity index (χ3n) is 2.75. The summed E-state index contributed by atoms with van der Waals surface area (Å²) < 4.78 is 1.93. The van der Waals surface area contributed by atoms with Crippen molar-refractivity contribution in [3.05, 3.63) is 40.7 Å². The maximum atomic E-state index is 9.52. The first-order chi connectivity index (χ1) is 9.17. The molecule has 1 N–H and O–H groups in total. The standard InChI is InChI=1S/C13H13N3OS2/c1-8-5-9(2)14-11(6-8)19-12-10(7-17)16-3-4-18-13(16)15-12/h3-6,17H,7H2,1-2H3. The Morgan fingerprint density at radius 3 is 2.89 bits per heavy atom. The van der Waals surface area contributed by atoms with Crippen LogP contribution in [0.1, 0.15) is 17.0 Å². The molecule has 3 aromatic heterocycles. The molecule has 0 atom stereocenters. The van der Waals surface area contributed by atoms with Gasteiger partial charge >= 0.3 is 0 Å². The first-order valence-electron chi connectivity index (χ1n) is 5.86. The number of rotatable bonds is 3. The molecular weight excluding hydrogens is 278 g/mol. The Labute approximate surface area is 119 Å². The van der Waals surface area contributed by atoms with Crippen LogP contribution in [0.4, 0.5) is 0 Å². The van der Waals surface area contributed by atoms with Gasteiger partial charge in [-0.25, -0.2) is 9.97 Å². The molecule has 0 radical (unpaired) electrons. The second-order valence-corrected chi connectivity index (χ2v) is 6.19. The maximum absolute atomic E-state index is 9.52. The summed E-state index contributed by atoms with van der Waals surface area (Å²) in [5, 5.41) is 13.2. The van der Waals surface area contributed by atoms with E-state index < -0.39 is 0 Å². The smallest absolute Gasteiger partial charge is 0.195 e. The monoisotopic (exact) mass is 291 g/mol. The highest BCUT2D eigenvalue weighted by Crippen LogP contribution is 2.31. The molecule has 98 valence electrons. The van der Waals surface area contributed by atoms with Gasteiger partial charge in [0.25, 0.3) is 0 Å². The Morgan fingerprint density at radius 2 is 2.16 bits per heavy atom. The average molecular weight is 291 g/mol. The Kier molecular flexibility index (Phi) is 3.30. The number of aromatic nitrogens is 3. The fourth-order valence-corrected chi connectivity index (χ4v) is 3.83. The number of nitrogens with zero attached hydrogens (tertiary/aromatic N) is 3. The Bertz CT molecular complexity index is 712. The quantitative estimate of drug-likeness (QED) is 0.806. The fraction of sp³-hybridized carbons (Fsp3) is 0.231. The summed E-state index contributed by atoms with van der Waals surface area (Å²) in [4.78, 5) is 9.94. The van der Waals surface area contributed by atoms with Crippen molar-refractivity contribution in [2.24, 2.45) is 0 Å². The van der Waals surface area contributed by atoms with Gasteiger partial charge in [-0.1, -0.05) is 0 Å². The van der Waals surface area contributed by atoms with Gasteiger partial charge in [-0.3, -0.25) is 4.40 Å². The molecule has 0 saturated heterocycles. The molecule has 4 nitrogen and oxygen atoms in total. The van der Waals surface area contributed by atoms with Crippen LogP contribution < -0.4 is 0 Å². The highest BCUT2D eigenvalue weighted by atomic mass is 32.2. The van der Waals surface area contributed by atoms with Crippen molar-refractivity contribution in [3.8, 4) is 0 Å². The van der Waals surface area contributed by atoms with Crippen LogP contribution in [0.5, 0.6) is 0 Å². The van der Waals surface area contributed by atoms with Crippen LogP contribution in [-0.4, -0.2) is 19.5 Å². The lowest BCUT2D eigenvalue weighted by atomic mass is 10.3. The number of pyridine rings is 1. The number of aliphatic hydroxyl groups is 1. The molecule has 0 aliphatic carbocycles. The van der Waals surface area contributed by atoms with Crippen LogP contribution in [0.25, 0.3) is 4.96 Å². The van der Waals surface area contributed by atoms with Crippen LogP contribution in [-0.2, 0) is 6.61 Å². The van der Waals surface area contributed by atoms with Crippen LogP contribution in [0, 0.1) is 13.8 Å². The normalized spacial score (nSPS) is 11.3. The third kappa shape index (κ3) is 2.39. The fourth-order valence-electron chi connectivity index (χ4n) is 1.99. The zero-order valence-electron chi connectivity index (χ0n) is 10.6. The van der Waals surface area contributed by atoms with Crippen LogP contribution in [0.3, 0.4) is 0 Å². The molecule has 0 bridgehead atoms. The highest BCUT2D eigenvalue weighted by Gasteiger charge is 2.14. The molecule has 0 aliphatic heterocycles. The summed E-state index contributed by atoms with van der Waals surface area (Å²) in [6.07, 6.45) is 1.93. The predicted octanol–water partition coefficient (Wildman–Crippen LogP) is 3.05. The number of fused-ring (bicyclic) bond motifs is 1. The summed E-state index contributed by atoms with van der Waals surface area (Å²) >= 11 is 3.06. The number of imidazole rings is 1. The predicted molar refractivity (Wildman–Crippen MR) is 76.8 cm³/mol. The van der Waals surface area contributed by atoms with Crippen molar-refractivity contribution >= 4 is 28.1 Å². The second kappa shape index (κ2) is 4.96. The van der Waals surface area contributed by atoms with Gasteiger partial charge in [0.2, 0.25) is 0 Å². The number of aliphatic hydroxyl groups excluding tert-OH is 1. The van der Waals surface area contributed by atoms with E-state index in [0.717, 1.165) is 26.4 Å². The first kappa shape index (κ1) is 12.7.